The van der Waals surface area contributed by atoms with Crippen molar-refractivity contribution in [3.8, 4) is 0 Å². The van der Waals surface area contributed by atoms with Crippen LogP contribution in [0.2, 0.25) is 0 Å². The highest BCUT2D eigenvalue weighted by atomic mass is 16.2. The van der Waals surface area contributed by atoms with E-state index in [-0.39, 0.29) is 17.9 Å². The molecule has 2 amide bonds. The lowest BCUT2D eigenvalue weighted by Gasteiger charge is -2.42. The van der Waals surface area contributed by atoms with E-state index in [1.54, 1.807) is 18.3 Å². The molecule has 4 aliphatic heterocycles. The summed E-state index contributed by atoms with van der Waals surface area (Å²) < 4.78 is 0. The first kappa shape index (κ1) is 21.8. The SMILES string of the molecule is CCC1CC2CN(CCNC(=O)c3ccc(cc3)Nc3ncc4c(n3)N1C(=O)C4)CCN2C. The Bertz CT molecular complexity index is 1040. The van der Waals surface area contributed by atoms with Gasteiger partial charge >= 0.3 is 0 Å². The topological polar surface area (TPSA) is 93.7 Å². The summed E-state index contributed by atoms with van der Waals surface area (Å²) in [5.41, 5.74) is 2.29. The fraction of sp³-hybridized carbons (Fsp3) is 0.500. The zero-order chi connectivity index (χ0) is 22.9. The molecule has 0 spiro atoms. The highest BCUT2D eigenvalue weighted by Gasteiger charge is 2.37. The smallest absolute Gasteiger partial charge is 0.251 e. The number of nitrogens with one attached hydrogen (secondary N) is 2. The fourth-order valence-corrected chi connectivity index (χ4v) is 5.03. The number of carbonyl (C=O) groups excluding carboxylic acids is 2. The maximum Gasteiger partial charge on any atom is 0.251 e. The lowest BCUT2D eigenvalue weighted by Crippen LogP contribution is -2.55. The third-order valence-corrected chi connectivity index (χ3v) is 7.04. The Morgan fingerprint density at radius 1 is 1.12 bits per heavy atom. The minimum Gasteiger partial charge on any atom is -0.351 e. The number of rotatable bonds is 1. The van der Waals surface area contributed by atoms with E-state index in [9.17, 15) is 9.59 Å². The van der Waals surface area contributed by atoms with Crippen molar-refractivity contribution >= 4 is 29.3 Å². The molecule has 0 radical (unpaired) electrons. The summed E-state index contributed by atoms with van der Waals surface area (Å²) in [6.45, 7) is 6.43. The molecule has 3 unspecified atom stereocenters. The Kier molecular flexibility index (Phi) is 5.99. The second-order valence-corrected chi connectivity index (χ2v) is 9.17. The van der Waals surface area contributed by atoms with Gasteiger partial charge in [-0.2, -0.15) is 4.98 Å². The van der Waals surface area contributed by atoms with E-state index in [4.69, 9.17) is 4.98 Å². The summed E-state index contributed by atoms with van der Waals surface area (Å²) in [6.07, 6.45) is 3.85. The second kappa shape index (κ2) is 9.07. The quantitative estimate of drug-likeness (QED) is 0.684. The molecular weight excluding hydrogens is 418 g/mol. The zero-order valence-corrected chi connectivity index (χ0v) is 19.3. The molecule has 1 aromatic carbocycles. The number of benzene rings is 1. The highest BCUT2D eigenvalue weighted by Crippen LogP contribution is 2.32. The van der Waals surface area contributed by atoms with Crippen LogP contribution in [0.1, 0.15) is 35.7 Å². The molecule has 4 aliphatic rings. The van der Waals surface area contributed by atoms with Gasteiger partial charge in [0.2, 0.25) is 11.9 Å². The molecule has 174 valence electrons. The van der Waals surface area contributed by atoms with Gasteiger partial charge in [0, 0.05) is 67.8 Å². The van der Waals surface area contributed by atoms with Crippen molar-refractivity contribution in [2.45, 2.75) is 38.3 Å². The lowest BCUT2D eigenvalue weighted by atomic mass is 10.00. The van der Waals surface area contributed by atoms with Crippen LogP contribution in [-0.2, 0) is 11.2 Å². The van der Waals surface area contributed by atoms with Gasteiger partial charge in [0.1, 0.15) is 5.82 Å². The number of hydrogen-bond donors (Lipinski definition) is 2. The van der Waals surface area contributed by atoms with Crippen LogP contribution in [0, 0.1) is 0 Å². The number of amides is 2. The lowest BCUT2D eigenvalue weighted by molar-refractivity contribution is -0.118. The van der Waals surface area contributed by atoms with Gasteiger partial charge in [0.25, 0.3) is 5.91 Å². The Morgan fingerprint density at radius 2 is 1.94 bits per heavy atom. The number of aromatic nitrogens is 2. The Morgan fingerprint density at radius 3 is 2.73 bits per heavy atom. The molecule has 2 N–H and O–H groups in total. The molecular formula is C24H31N7O2. The van der Waals surface area contributed by atoms with Gasteiger partial charge in [-0.05, 0) is 44.2 Å². The van der Waals surface area contributed by atoms with Gasteiger partial charge in [-0.15, -0.1) is 0 Å². The number of likely N-dealkylation sites (N-methyl/N-ethyl adjacent to an activating group) is 1. The van der Waals surface area contributed by atoms with Crippen LogP contribution in [0.4, 0.5) is 17.5 Å². The van der Waals surface area contributed by atoms with Crippen LogP contribution in [0.5, 0.6) is 0 Å². The van der Waals surface area contributed by atoms with Crippen LogP contribution in [0.15, 0.2) is 30.5 Å². The molecule has 6 bridgehead atoms. The summed E-state index contributed by atoms with van der Waals surface area (Å²) >= 11 is 0. The summed E-state index contributed by atoms with van der Waals surface area (Å²) in [4.78, 5) is 41.5. The van der Waals surface area contributed by atoms with E-state index >= 15 is 0 Å². The molecule has 1 saturated heterocycles. The van der Waals surface area contributed by atoms with Crippen molar-refractivity contribution in [2.24, 2.45) is 0 Å². The predicted molar refractivity (Wildman–Crippen MR) is 127 cm³/mol. The molecule has 6 rings (SSSR count). The first-order valence-electron chi connectivity index (χ1n) is 11.8. The largest absolute Gasteiger partial charge is 0.351 e. The number of hydrogen-bond acceptors (Lipinski definition) is 7. The van der Waals surface area contributed by atoms with Crippen LogP contribution in [0.25, 0.3) is 0 Å². The molecule has 0 aliphatic carbocycles. The van der Waals surface area contributed by atoms with Gasteiger partial charge in [-0.3, -0.25) is 19.4 Å². The molecule has 1 fully saturated rings. The third kappa shape index (κ3) is 4.43. The van der Waals surface area contributed by atoms with Gasteiger partial charge < -0.3 is 15.5 Å². The van der Waals surface area contributed by atoms with Crippen LogP contribution < -0.4 is 15.5 Å². The summed E-state index contributed by atoms with van der Waals surface area (Å²) in [7, 11) is 2.16. The second-order valence-electron chi connectivity index (χ2n) is 9.17. The molecule has 0 saturated carbocycles. The monoisotopic (exact) mass is 449 g/mol. The Balaban J connectivity index is 1.50. The van der Waals surface area contributed by atoms with Crippen molar-refractivity contribution in [1.29, 1.82) is 0 Å². The van der Waals surface area contributed by atoms with Gasteiger partial charge in [-0.25, -0.2) is 4.98 Å². The number of anilines is 3. The molecule has 1 aromatic heterocycles. The van der Waals surface area contributed by atoms with E-state index in [1.807, 2.05) is 17.0 Å². The first-order valence-corrected chi connectivity index (χ1v) is 11.8. The highest BCUT2D eigenvalue weighted by molar-refractivity contribution is 6.00. The average molecular weight is 450 g/mol. The van der Waals surface area contributed by atoms with E-state index < -0.39 is 0 Å². The summed E-state index contributed by atoms with van der Waals surface area (Å²) in [6, 6.07) is 7.69. The van der Waals surface area contributed by atoms with Crippen LogP contribution >= 0.6 is 0 Å². The molecule has 2 aromatic rings. The molecule has 33 heavy (non-hydrogen) atoms. The predicted octanol–water partition coefficient (Wildman–Crippen LogP) is 1.64. The summed E-state index contributed by atoms with van der Waals surface area (Å²) in [5.74, 6) is 1.20. The normalized spacial score (nSPS) is 25.9. The van der Waals surface area contributed by atoms with E-state index in [0.717, 1.165) is 56.1 Å². The molecule has 3 atom stereocenters. The third-order valence-electron chi connectivity index (χ3n) is 7.04. The maximum atomic E-state index is 13.0. The van der Waals surface area contributed by atoms with E-state index in [2.05, 4.69) is 39.4 Å². The Labute approximate surface area is 194 Å². The minimum atomic E-state index is -0.0673. The van der Waals surface area contributed by atoms with Crippen molar-refractivity contribution in [2.75, 3.05) is 50.0 Å². The number of carbonyl (C=O) groups is 2. The van der Waals surface area contributed by atoms with Crippen LogP contribution in [-0.4, -0.2) is 83.4 Å². The van der Waals surface area contributed by atoms with Gasteiger partial charge in [0.15, 0.2) is 0 Å². The number of fused-ring (bicyclic) bond motifs is 6. The van der Waals surface area contributed by atoms with E-state index in [1.165, 1.54) is 0 Å². The average Bonchev–Trinajstić information content (AvgIpc) is 3.14. The molecule has 5 heterocycles. The van der Waals surface area contributed by atoms with E-state index in [0.29, 0.717) is 30.5 Å². The molecule has 9 nitrogen and oxygen atoms in total. The zero-order valence-electron chi connectivity index (χ0n) is 19.3. The van der Waals surface area contributed by atoms with Crippen LogP contribution in [0.3, 0.4) is 0 Å². The van der Waals surface area contributed by atoms with Crippen molar-refractivity contribution in [3.63, 3.8) is 0 Å². The van der Waals surface area contributed by atoms with Crippen molar-refractivity contribution in [3.05, 3.63) is 41.6 Å². The number of piperazine rings is 1. The first-order chi connectivity index (χ1) is 16.0. The Hall–Kier alpha value is -3.04. The van der Waals surface area contributed by atoms with Crippen molar-refractivity contribution < 1.29 is 9.59 Å². The fourth-order valence-electron chi connectivity index (χ4n) is 5.03. The van der Waals surface area contributed by atoms with Gasteiger partial charge in [-0.1, -0.05) is 6.92 Å². The summed E-state index contributed by atoms with van der Waals surface area (Å²) in [5, 5.41) is 6.25. The van der Waals surface area contributed by atoms with Crippen molar-refractivity contribution in [1.82, 2.24) is 25.1 Å². The minimum absolute atomic E-state index is 0.0673. The number of nitrogens with zero attached hydrogens (tertiary/aromatic N) is 5. The molecule has 9 heteroatoms. The van der Waals surface area contributed by atoms with Gasteiger partial charge in [0.05, 0.1) is 6.42 Å². The standard InChI is InChI=1S/C24H31N7O2/c1-3-19-13-20-15-30(11-10-29(20)2)9-8-25-23(33)16-4-6-18(7-5-16)27-24-26-14-17-12-21(32)31(19)22(17)28-24/h4-7,14,19-20H,3,8-13,15H2,1-2H3,(H,25,33)(H,26,27,28). The maximum absolute atomic E-state index is 13.0.